The van der Waals surface area contributed by atoms with Crippen LogP contribution < -0.4 is 5.73 Å². The first-order valence-electron chi connectivity index (χ1n) is 6.63. The molecule has 8 heteroatoms. The molecule has 0 aromatic heterocycles. The van der Waals surface area contributed by atoms with Crippen LogP contribution in [0.15, 0.2) is 0 Å². The van der Waals surface area contributed by atoms with Crippen molar-refractivity contribution in [2.45, 2.75) is 18.9 Å². The van der Waals surface area contributed by atoms with Crippen molar-refractivity contribution < 1.29 is 24.2 Å². The number of ether oxygens (including phenoxy) is 1. The van der Waals surface area contributed by atoms with Gasteiger partial charge >= 0.3 is 12.0 Å². The summed E-state index contributed by atoms with van der Waals surface area (Å²) < 4.78 is 5.17. The Morgan fingerprint density at radius 2 is 2.05 bits per heavy atom. The number of primary amides is 1. The van der Waals surface area contributed by atoms with Gasteiger partial charge in [-0.3, -0.25) is 9.59 Å². The summed E-state index contributed by atoms with van der Waals surface area (Å²) in [5.74, 6) is -1.46. The molecule has 0 saturated carbocycles. The molecule has 20 heavy (non-hydrogen) atoms. The summed E-state index contributed by atoms with van der Waals surface area (Å²) >= 11 is 0. The molecule has 0 aliphatic carbocycles. The van der Waals surface area contributed by atoms with Gasteiger partial charge in [0.2, 0.25) is 5.91 Å². The van der Waals surface area contributed by atoms with Gasteiger partial charge in [0.25, 0.3) is 0 Å². The van der Waals surface area contributed by atoms with Gasteiger partial charge in [-0.25, -0.2) is 4.79 Å². The molecule has 0 spiro atoms. The van der Waals surface area contributed by atoms with Crippen molar-refractivity contribution in [3.05, 3.63) is 0 Å². The summed E-state index contributed by atoms with van der Waals surface area (Å²) in [7, 11) is 0. The van der Waals surface area contributed by atoms with Gasteiger partial charge in [0.1, 0.15) is 6.04 Å². The van der Waals surface area contributed by atoms with Gasteiger partial charge in [0, 0.05) is 26.1 Å². The summed E-state index contributed by atoms with van der Waals surface area (Å²) in [6.45, 7) is 1.75. The molecule has 8 nitrogen and oxygen atoms in total. The number of hydrogen-bond donors (Lipinski definition) is 2. The van der Waals surface area contributed by atoms with E-state index in [1.54, 1.807) is 4.90 Å². The van der Waals surface area contributed by atoms with Crippen molar-refractivity contribution in [3.8, 4) is 0 Å². The van der Waals surface area contributed by atoms with Crippen molar-refractivity contribution >= 4 is 17.9 Å². The Morgan fingerprint density at radius 1 is 1.30 bits per heavy atom. The smallest absolute Gasteiger partial charge is 0.320 e. The number of rotatable bonds is 3. The van der Waals surface area contributed by atoms with Crippen LogP contribution in [-0.2, 0) is 14.3 Å². The van der Waals surface area contributed by atoms with Crippen molar-refractivity contribution in [1.82, 2.24) is 9.80 Å². The van der Waals surface area contributed by atoms with Crippen molar-refractivity contribution in [1.29, 1.82) is 0 Å². The van der Waals surface area contributed by atoms with E-state index in [-0.39, 0.29) is 25.0 Å². The van der Waals surface area contributed by atoms with E-state index in [2.05, 4.69) is 0 Å². The molecule has 2 unspecified atom stereocenters. The Morgan fingerprint density at radius 3 is 2.70 bits per heavy atom. The summed E-state index contributed by atoms with van der Waals surface area (Å²) in [6.07, 6.45) is 0.732. The lowest BCUT2D eigenvalue weighted by Crippen LogP contribution is -2.57. The molecule has 0 radical (unpaired) electrons. The van der Waals surface area contributed by atoms with Gasteiger partial charge in [-0.1, -0.05) is 0 Å². The summed E-state index contributed by atoms with van der Waals surface area (Å²) in [5, 5.41) is 8.77. The number of hydrogen-bond acceptors (Lipinski definition) is 4. The van der Waals surface area contributed by atoms with Crippen LogP contribution in [0.1, 0.15) is 12.8 Å². The fraction of sp³-hybridized carbons (Fsp3) is 0.750. The number of carbonyl (C=O) groups excluding carboxylic acids is 2. The predicted octanol–water partition coefficient (Wildman–Crippen LogP) is -0.911. The van der Waals surface area contributed by atoms with E-state index in [9.17, 15) is 14.4 Å². The largest absolute Gasteiger partial charge is 0.481 e. The third-order valence-electron chi connectivity index (χ3n) is 3.72. The fourth-order valence-corrected chi connectivity index (χ4v) is 2.67. The maximum absolute atomic E-state index is 12.4. The standard InChI is InChI=1S/C12H19N3O5/c13-11(18)9-7-20-4-3-15(9)12(19)14-2-1-8(6-14)5-10(16)17/h8-9H,1-7H2,(H2,13,18)(H,16,17). The van der Waals surface area contributed by atoms with Gasteiger partial charge in [-0.15, -0.1) is 0 Å². The SMILES string of the molecule is NC(=O)C1COCCN1C(=O)N1CCC(CC(=O)O)C1. The molecular weight excluding hydrogens is 266 g/mol. The molecule has 2 aliphatic heterocycles. The molecule has 2 heterocycles. The molecule has 0 aromatic carbocycles. The Hall–Kier alpha value is -1.83. The minimum Gasteiger partial charge on any atom is -0.481 e. The van der Waals surface area contributed by atoms with Crippen LogP contribution in [0.2, 0.25) is 0 Å². The minimum atomic E-state index is -0.856. The van der Waals surface area contributed by atoms with Crippen molar-refractivity contribution in [3.63, 3.8) is 0 Å². The number of aliphatic carboxylic acids is 1. The number of carboxylic acids is 1. The van der Waals surface area contributed by atoms with E-state index in [0.29, 0.717) is 32.7 Å². The van der Waals surface area contributed by atoms with E-state index in [0.717, 1.165) is 0 Å². The van der Waals surface area contributed by atoms with Gasteiger partial charge in [-0.05, 0) is 12.3 Å². The minimum absolute atomic E-state index is 0.0236. The number of morpholine rings is 1. The molecule has 3 amide bonds. The monoisotopic (exact) mass is 285 g/mol. The van der Waals surface area contributed by atoms with Crippen LogP contribution in [0, 0.1) is 5.92 Å². The summed E-state index contributed by atoms with van der Waals surface area (Å²) in [4.78, 5) is 37.4. The second-order valence-corrected chi connectivity index (χ2v) is 5.17. The third kappa shape index (κ3) is 3.19. The van der Waals surface area contributed by atoms with E-state index >= 15 is 0 Å². The van der Waals surface area contributed by atoms with Crippen LogP contribution in [0.25, 0.3) is 0 Å². The highest BCUT2D eigenvalue weighted by Crippen LogP contribution is 2.22. The topological polar surface area (TPSA) is 113 Å². The van der Waals surface area contributed by atoms with E-state index in [1.165, 1.54) is 4.90 Å². The Balaban J connectivity index is 1.96. The quantitative estimate of drug-likeness (QED) is 0.697. The highest BCUT2D eigenvalue weighted by molar-refractivity contribution is 5.86. The zero-order chi connectivity index (χ0) is 14.7. The summed E-state index contributed by atoms with van der Waals surface area (Å²) in [5.41, 5.74) is 5.28. The molecule has 2 atom stereocenters. The van der Waals surface area contributed by atoms with E-state index in [1.807, 2.05) is 0 Å². The van der Waals surface area contributed by atoms with E-state index < -0.39 is 17.9 Å². The Labute approximate surface area is 116 Å². The number of amides is 3. The highest BCUT2D eigenvalue weighted by atomic mass is 16.5. The average molecular weight is 285 g/mol. The number of nitrogens with two attached hydrogens (primary N) is 1. The van der Waals surface area contributed by atoms with Crippen LogP contribution >= 0.6 is 0 Å². The zero-order valence-electron chi connectivity index (χ0n) is 11.2. The maximum atomic E-state index is 12.4. The highest BCUT2D eigenvalue weighted by Gasteiger charge is 2.36. The first kappa shape index (κ1) is 14.6. The fourth-order valence-electron chi connectivity index (χ4n) is 2.67. The second kappa shape index (κ2) is 6.08. The second-order valence-electron chi connectivity index (χ2n) is 5.17. The number of carbonyl (C=O) groups is 3. The molecule has 2 fully saturated rings. The zero-order valence-corrected chi connectivity index (χ0v) is 11.2. The molecular formula is C12H19N3O5. The molecule has 2 aliphatic rings. The van der Waals surface area contributed by atoms with Crippen LogP contribution in [0.4, 0.5) is 4.79 Å². The van der Waals surface area contributed by atoms with Crippen molar-refractivity contribution in [2.24, 2.45) is 11.7 Å². The van der Waals surface area contributed by atoms with E-state index in [4.69, 9.17) is 15.6 Å². The lowest BCUT2D eigenvalue weighted by atomic mass is 10.1. The summed E-state index contributed by atoms with van der Waals surface area (Å²) in [6, 6.07) is -1.00. The predicted molar refractivity (Wildman–Crippen MR) is 67.8 cm³/mol. The molecule has 112 valence electrons. The van der Waals surface area contributed by atoms with Gasteiger partial charge < -0.3 is 25.4 Å². The number of nitrogens with zero attached hydrogens (tertiary/aromatic N) is 2. The lowest BCUT2D eigenvalue weighted by Gasteiger charge is -2.36. The Bertz CT molecular complexity index is 414. The molecule has 3 N–H and O–H groups in total. The van der Waals surface area contributed by atoms with Gasteiger partial charge in [0.05, 0.1) is 13.2 Å². The lowest BCUT2D eigenvalue weighted by molar-refractivity contribution is -0.138. The first-order valence-corrected chi connectivity index (χ1v) is 6.63. The molecule has 2 rings (SSSR count). The average Bonchev–Trinajstić information content (AvgIpc) is 2.85. The van der Waals surface area contributed by atoms with Crippen LogP contribution in [0.5, 0.6) is 0 Å². The van der Waals surface area contributed by atoms with Crippen molar-refractivity contribution in [2.75, 3.05) is 32.8 Å². The third-order valence-corrected chi connectivity index (χ3v) is 3.72. The van der Waals surface area contributed by atoms with Crippen LogP contribution in [0.3, 0.4) is 0 Å². The number of carboxylic acid groups (broad SMARTS) is 1. The molecule has 2 saturated heterocycles. The van der Waals surface area contributed by atoms with Gasteiger partial charge in [-0.2, -0.15) is 0 Å². The number of likely N-dealkylation sites (tertiary alicyclic amines) is 1. The first-order chi connectivity index (χ1) is 9.49. The molecule has 0 aromatic rings. The van der Waals surface area contributed by atoms with Gasteiger partial charge in [0.15, 0.2) is 0 Å². The van der Waals surface area contributed by atoms with Crippen LogP contribution in [-0.4, -0.2) is 71.7 Å². The normalized spacial score (nSPS) is 26.6. The number of urea groups is 1. The maximum Gasteiger partial charge on any atom is 0.320 e. The Kier molecular flexibility index (Phi) is 4.43. The molecule has 0 bridgehead atoms.